The Morgan fingerprint density at radius 2 is 1.28 bits per heavy atom. The van der Waals surface area contributed by atoms with Gasteiger partial charge in [0.25, 0.3) is 0 Å². The van der Waals surface area contributed by atoms with Crippen LogP contribution in [-0.4, -0.2) is 34.6 Å². The smallest absolute Gasteiger partial charge is 0.192 e. The maximum absolute atomic E-state index is 13.6. The summed E-state index contributed by atoms with van der Waals surface area (Å²) >= 11 is 7.14. The molecule has 1 spiro atoms. The van der Waals surface area contributed by atoms with E-state index in [1.54, 1.807) is 0 Å². The number of hydrogen-bond acceptors (Lipinski definition) is 3. The molecule has 3 fully saturated rings. The highest BCUT2D eigenvalue weighted by Gasteiger charge is 2.74. The van der Waals surface area contributed by atoms with Gasteiger partial charge in [-0.15, -0.1) is 0 Å². The highest BCUT2D eigenvalue weighted by molar-refractivity contribution is 6.74. The predicted molar refractivity (Wildman–Crippen MR) is 170 cm³/mol. The molecule has 0 aromatic rings. The zero-order valence-electron chi connectivity index (χ0n) is 27.9. The molecule has 39 heavy (non-hydrogen) atoms. The summed E-state index contributed by atoms with van der Waals surface area (Å²) in [6.07, 6.45) is 5.67. The van der Waals surface area contributed by atoms with Crippen LogP contribution in [0.25, 0.3) is 0 Å². The van der Waals surface area contributed by atoms with Gasteiger partial charge in [-0.1, -0.05) is 87.8 Å². The first-order valence-corrected chi connectivity index (χ1v) is 21.8. The fourth-order valence-electron chi connectivity index (χ4n) is 8.89. The number of hydrogen-bond donors (Lipinski definition) is 0. The summed E-state index contributed by atoms with van der Waals surface area (Å²) in [6, 6.07) is 0. The molecular weight excluding hydrogens is 536 g/mol. The van der Waals surface area contributed by atoms with Crippen molar-refractivity contribution in [1.29, 1.82) is 0 Å². The summed E-state index contributed by atoms with van der Waals surface area (Å²) in [6.45, 7) is 35.4. The molecule has 224 valence electrons. The Bertz CT molecular complexity index is 1060. The van der Waals surface area contributed by atoms with E-state index in [-0.39, 0.29) is 50.2 Å². The van der Waals surface area contributed by atoms with Gasteiger partial charge in [0, 0.05) is 10.8 Å². The predicted octanol–water partition coefficient (Wildman–Crippen LogP) is 10.1. The third kappa shape index (κ3) is 4.32. The zero-order chi connectivity index (χ0) is 30.0. The topological polar surface area (TPSA) is 35.5 Å². The van der Waals surface area contributed by atoms with Crippen LogP contribution in [0.1, 0.15) is 108 Å². The van der Waals surface area contributed by atoms with Crippen LogP contribution in [0.3, 0.4) is 0 Å². The van der Waals surface area contributed by atoms with Gasteiger partial charge in [-0.2, -0.15) is 0 Å². The van der Waals surface area contributed by atoms with Gasteiger partial charge in [-0.3, -0.25) is 4.79 Å². The summed E-state index contributed by atoms with van der Waals surface area (Å²) in [7, 11) is -3.97. The summed E-state index contributed by atoms with van der Waals surface area (Å²) in [5, 5.41) is 0.864. The van der Waals surface area contributed by atoms with E-state index in [2.05, 4.69) is 102 Å². The van der Waals surface area contributed by atoms with Crippen LogP contribution in [-0.2, 0) is 13.6 Å². The fourth-order valence-corrected chi connectivity index (χ4v) is 12.3. The minimum Gasteiger partial charge on any atom is -0.413 e. The Balaban J connectivity index is 1.83. The maximum Gasteiger partial charge on any atom is 0.192 e. The Morgan fingerprint density at radius 1 is 0.795 bits per heavy atom. The van der Waals surface area contributed by atoms with Crippen molar-refractivity contribution in [2.45, 2.75) is 157 Å². The summed E-state index contributed by atoms with van der Waals surface area (Å²) in [4.78, 5) is 13.6. The molecule has 0 heterocycles. The molecule has 6 atom stereocenters. The van der Waals surface area contributed by atoms with Crippen LogP contribution in [0.4, 0.5) is 0 Å². The lowest BCUT2D eigenvalue weighted by Crippen LogP contribution is -2.59. The normalized spacial score (nSPS) is 38.5. The van der Waals surface area contributed by atoms with Crippen molar-refractivity contribution < 1.29 is 13.6 Å². The quantitative estimate of drug-likeness (QED) is 0.304. The largest absolute Gasteiger partial charge is 0.413 e. The highest BCUT2D eigenvalue weighted by atomic mass is 35.5. The van der Waals surface area contributed by atoms with Crippen molar-refractivity contribution in [2.75, 3.05) is 0 Å². The van der Waals surface area contributed by atoms with Crippen molar-refractivity contribution in [2.24, 2.45) is 33.5 Å². The molecule has 4 aliphatic carbocycles. The summed E-state index contributed by atoms with van der Waals surface area (Å²) in [5.74, 6) is 0.816. The van der Waals surface area contributed by atoms with Crippen LogP contribution in [0.2, 0.25) is 36.3 Å². The third-order valence-electron chi connectivity index (χ3n) is 13.5. The van der Waals surface area contributed by atoms with Crippen molar-refractivity contribution in [3.05, 3.63) is 10.6 Å². The molecule has 4 aliphatic rings. The molecule has 0 saturated heterocycles. The maximum atomic E-state index is 13.6. The average molecular weight is 595 g/mol. The molecule has 6 heteroatoms. The lowest BCUT2D eigenvalue weighted by molar-refractivity contribution is -0.124. The Hall–Kier alpha value is 0.0538. The van der Waals surface area contributed by atoms with Gasteiger partial charge in [-0.25, -0.2) is 0 Å². The van der Waals surface area contributed by atoms with E-state index in [1.807, 2.05) is 0 Å². The average Bonchev–Trinajstić information content (AvgIpc) is 3.29. The number of fused-ring (bicyclic) bond motifs is 4. The molecule has 4 rings (SSSR count). The molecule has 3 nitrogen and oxygen atoms in total. The van der Waals surface area contributed by atoms with E-state index in [9.17, 15) is 4.79 Å². The molecular formula is C33H59ClO3Si2. The molecule has 0 unspecified atom stereocenters. The molecule has 0 aliphatic heterocycles. The van der Waals surface area contributed by atoms with Gasteiger partial charge in [0.2, 0.25) is 0 Å². The Labute approximate surface area is 247 Å². The number of rotatable bonds is 4. The Morgan fingerprint density at radius 3 is 1.77 bits per heavy atom. The van der Waals surface area contributed by atoms with Crippen LogP contribution in [0.5, 0.6) is 0 Å². The second-order valence-electron chi connectivity index (χ2n) is 18.1. The van der Waals surface area contributed by atoms with Crippen LogP contribution < -0.4 is 0 Å². The second-order valence-corrected chi connectivity index (χ2v) is 28.0. The van der Waals surface area contributed by atoms with Crippen molar-refractivity contribution in [3.8, 4) is 0 Å². The third-order valence-corrected chi connectivity index (χ3v) is 22.8. The van der Waals surface area contributed by atoms with Crippen LogP contribution in [0.15, 0.2) is 10.6 Å². The van der Waals surface area contributed by atoms with E-state index < -0.39 is 22.0 Å². The number of halogens is 1. The second kappa shape index (κ2) is 9.03. The van der Waals surface area contributed by atoms with E-state index in [4.69, 9.17) is 20.5 Å². The van der Waals surface area contributed by atoms with Gasteiger partial charge in [0.05, 0.1) is 17.2 Å². The van der Waals surface area contributed by atoms with Gasteiger partial charge < -0.3 is 8.85 Å². The first kappa shape index (κ1) is 32.0. The molecule has 0 bridgehead atoms. The lowest BCUT2D eigenvalue weighted by Gasteiger charge is -2.59. The van der Waals surface area contributed by atoms with E-state index >= 15 is 0 Å². The summed E-state index contributed by atoms with van der Waals surface area (Å²) in [5.41, 5.74) is 0.681. The monoisotopic (exact) mass is 594 g/mol. The van der Waals surface area contributed by atoms with E-state index in [0.29, 0.717) is 11.0 Å². The minimum atomic E-state index is -2.06. The van der Waals surface area contributed by atoms with Crippen molar-refractivity contribution in [1.82, 2.24) is 0 Å². The van der Waals surface area contributed by atoms with Crippen molar-refractivity contribution in [3.63, 3.8) is 0 Å². The van der Waals surface area contributed by atoms with Gasteiger partial charge in [-0.05, 0) is 96.6 Å². The SMILES string of the molecule is CC1(C)C(=O)C(Cl)=C2[C@H]1C[C@H](O[Si](C)(C)C(C)(C)C)[C@]21CC[C@@H]2C(C)(C)[C@H](O[Si](C)(C)C(C)(C)C)CC[C@]21C. The van der Waals surface area contributed by atoms with Crippen LogP contribution >= 0.6 is 11.6 Å². The van der Waals surface area contributed by atoms with Gasteiger partial charge >= 0.3 is 0 Å². The molecule has 0 radical (unpaired) electrons. The minimum absolute atomic E-state index is 0.0156. The zero-order valence-corrected chi connectivity index (χ0v) is 30.7. The number of carbonyl (C=O) groups excluding carboxylic acids is 1. The van der Waals surface area contributed by atoms with E-state index in [1.165, 1.54) is 5.57 Å². The molecule has 0 N–H and O–H groups in total. The number of Topliss-reactive ketones (excluding diaryl/α,β-unsaturated/α-hetero) is 1. The lowest BCUT2D eigenvalue weighted by atomic mass is 9.49. The standard InChI is InChI=1S/C33H59ClO3Si2/c1-28(2,3)38(12,13)36-23-17-18-32(11)22(31(23,9)10)16-19-33(32)24(37-39(14,15)29(4,5)6)20-21-25(33)26(34)27(35)30(21,7)8/h21-24H,16-20H2,1-15H3/t21-,22-,23-,24+,32-,33-/m1/s1. The highest BCUT2D eigenvalue weighted by Crippen LogP contribution is 2.77. The van der Waals surface area contributed by atoms with Crippen molar-refractivity contribution >= 4 is 34.0 Å². The van der Waals surface area contributed by atoms with Crippen LogP contribution in [0, 0.1) is 33.5 Å². The number of ketones is 1. The molecule has 3 saturated carbocycles. The molecule has 0 aromatic carbocycles. The number of allylic oxidation sites excluding steroid dienone is 1. The van der Waals surface area contributed by atoms with Gasteiger partial charge in [0.1, 0.15) is 0 Å². The fraction of sp³-hybridized carbons (Fsp3) is 0.909. The summed E-state index contributed by atoms with van der Waals surface area (Å²) < 4.78 is 14.7. The first-order valence-electron chi connectivity index (χ1n) is 15.6. The van der Waals surface area contributed by atoms with E-state index in [0.717, 1.165) is 32.1 Å². The Kier molecular flexibility index (Phi) is 7.41. The van der Waals surface area contributed by atoms with Gasteiger partial charge in [0.15, 0.2) is 22.4 Å². The molecule has 0 aromatic heterocycles. The number of carbonyl (C=O) groups is 1. The first-order chi connectivity index (χ1) is 17.3. The molecule has 0 amide bonds.